The number of fused-ring (bicyclic) bond motifs is 1. The van der Waals surface area contributed by atoms with Gasteiger partial charge in [0.2, 0.25) is 5.88 Å². The van der Waals surface area contributed by atoms with Crippen molar-refractivity contribution in [1.82, 2.24) is 0 Å². The van der Waals surface area contributed by atoms with Crippen LogP contribution in [0.15, 0.2) is 38.9 Å². The zero-order chi connectivity index (χ0) is 15.0. The molecule has 0 fully saturated rings. The molecule has 0 bridgehead atoms. The van der Waals surface area contributed by atoms with E-state index in [4.69, 9.17) is 14.9 Å². The topological polar surface area (TPSA) is 89.2 Å². The molecule has 2 aliphatic rings. The van der Waals surface area contributed by atoms with Crippen LogP contribution in [0.2, 0.25) is 0 Å². The first kappa shape index (κ1) is 13.5. The molecule has 2 atom stereocenters. The van der Waals surface area contributed by atoms with Crippen LogP contribution in [0.25, 0.3) is 0 Å². The van der Waals surface area contributed by atoms with Gasteiger partial charge < -0.3 is 14.9 Å². The maximum absolute atomic E-state index is 12.3. The molecule has 21 heavy (non-hydrogen) atoms. The van der Waals surface area contributed by atoms with E-state index < -0.39 is 5.63 Å². The molecule has 1 aromatic rings. The van der Waals surface area contributed by atoms with Crippen LogP contribution in [0.1, 0.15) is 36.5 Å². The summed E-state index contributed by atoms with van der Waals surface area (Å²) in [7, 11) is 0. The summed E-state index contributed by atoms with van der Waals surface area (Å²) in [6.45, 7) is 1.68. The van der Waals surface area contributed by atoms with E-state index in [1.54, 1.807) is 13.0 Å². The summed E-state index contributed by atoms with van der Waals surface area (Å²) in [5, 5.41) is 9.42. The first-order chi connectivity index (χ1) is 10.1. The van der Waals surface area contributed by atoms with Gasteiger partial charge in [-0.1, -0.05) is 12.2 Å². The van der Waals surface area contributed by atoms with Crippen molar-refractivity contribution in [3.05, 3.63) is 51.4 Å². The van der Waals surface area contributed by atoms with Gasteiger partial charge >= 0.3 is 5.63 Å². The summed E-state index contributed by atoms with van der Waals surface area (Å²) in [5.74, 6) is 0.792. The quantitative estimate of drug-likeness (QED) is 0.800. The third kappa shape index (κ3) is 2.23. The number of nitrogens with zero attached hydrogens (tertiary/aromatic N) is 1. The molecule has 2 N–H and O–H groups in total. The molecule has 1 aromatic heterocycles. The predicted molar refractivity (Wildman–Crippen MR) is 76.4 cm³/mol. The summed E-state index contributed by atoms with van der Waals surface area (Å²) < 4.78 is 10.7. The number of ether oxygens (including phenoxy) is 1. The van der Waals surface area contributed by atoms with Gasteiger partial charge in [0.15, 0.2) is 0 Å². The second kappa shape index (κ2) is 5.13. The Kier molecular flexibility index (Phi) is 3.30. The number of nitriles is 1. The van der Waals surface area contributed by atoms with Crippen LogP contribution in [0.3, 0.4) is 0 Å². The van der Waals surface area contributed by atoms with Crippen LogP contribution in [0.5, 0.6) is 5.75 Å². The van der Waals surface area contributed by atoms with Gasteiger partial charge in [-0.2, -0.15) is 5.26 Å². The Labute approximate surface area is 122 Å². The Morgan fingerprint density at radius 1 is 1.43 bits per heavy atom. The van der Waals surface area contributed by atoms with Crippen molar-refractivity contribution in [3.8, 4) is 11.8 Å². The van der Waals surface area contributed by atoms with Crippen molar-refractivity contribution in [2.24, 2.45) is 11.7 Å². The van der Waals surface area contributed by atoms with E-state index in [1.807, 2.05) is 0 Å². The fourth-order valence-corrected chi connectivity index (χ4v) is 3.15. The molecule has 1 aliphatic carbocycles. The molecular weight excluding hydrogens is 268 g/mol. The van der Waals surface area contributed by atoms with Gasteiger partial charge in [-0.15, -0.1) is 0 Å². The number of aryl methyl sites for hydroxylation is 1. The highest BCUT2D eigenvalue weighted by molar-refractivity contribution is 5.49. The lowest BCUT2D eigenvalue weighted by molar-refractivity contribution is 0.328. The first-order valence-corrected chi connectivity index (χ1v) is 6.99. The van der Waals surface area contributed by atoms with Crippen molar-refractivity contribution >= 4 is 0 Å². The van der Waals surface area contributed by atoms with E-state index in [9.17, 15) is 10.1 Å². The van der Waals surface area contributed by atoms with Crippen molar-refractivity contribution in [1.29, 1.82) is 5.26 Å². The lowest BCUT2D eigenvalue weighted by Crippen LogP contribution is -2.30. The van der Waals surface area contributed by atoms with E-state index in [2.05, 4.69) is 18.2 Å². The fourth-order valence-electron chi connectivity index (χ4n) is 3.15. The van der Waals surface area contributed by atoms with Crippen LogP contribution in [0, 0.1) is 24.2 Å². The molecule has 5 heteroatoms. The van der Waals surface area contributed by atoms with E-state index in [-0.39, 0.29) is 17.7 Å². The molecule has 0 saturated heterocycles. The van der Waals surface area contributed by atoms with E-state index in [1.165, 1.54) is 0 Å². The van der Waals surface area contributed by atoms with Crippen LogP contribution >= 0.6 is 0 Å². The molecular formula is C16H16N2O3. The lowest BCUT2D eigenvalue weighted by Gasteiger charge is -2.31. The van der Waals surface area contributed by atoms with Crippen molar-refractivity contribution in [3.63, 3.8) is 0 Å². The third-order valence-electron chi connectivity index (χ3n) is 4.08. The maximum atomic E-state index is 12.3. The third-order valence-corrected chi connectivity index (χ3v) is 4.08. The number of nitrogens with two attached hydrogens (primary N) is 1. The van der Waals surface area contributed by atoms with E-state index in [0.29, 0.717) is 22.6 Å². The monoisotopic (exact) mass is 284 g/mol. The second-order valence-electron chi connectivity index (χ2n) is 5.44. The van der Waals surface area contributed by atoms with Crippen molar-refractivity contribution in [2.75, 3.05) is 0 Å². The Morgan fingerprint density at radius 2 is 2.24 bits per heavy atom. The molecule has 5 nitrogen and oxygen atoms in total. The Hall–Kier alpha value is -2.48. The molecule has 108 valence electrons. The summed E-state index contributed by atoms with van der Waals surface area (Å²) in [6.07, 6.45) is 6.87. The highest BCUT2D eigenvalue weighted by Gasteiger charge is 2.37. The highest BCUT2D eigenvalue weighted by Crippen LogP contribution is 2.44. The molecule has 0 amide bonds. The Balaban J connectivity index is 2.18. The highest BCUT2D eigenvalue weighted by atomic mass is 16.5. The van der Waals surface area contributed by atoms with E-state index >= 15 is 0 Å². The number of hydrogen-bond donors (Lipinski definition) is 1. The average molecular weight is 284 g/mol. The molecule has 0 aromatic carbocycles. The van der Waals surface area contributed by atoms with Crippen LogP contribution in [0.4, 0.5) is 0 Å². The van der Waals surface area contributed by atoms with Crippen LogP contribution in [-0.2, 0) is 0 Å². The molecule has 3 rings (SSSR count). The SMILES string of the molecule is Cc1cc2c(c(=O)o1)[C@@H]([C@@H]1CC=CCC1)C(C#N)=C(N)O2. The molecule has 2 heterocycles. The van der Waals surface area contributed by atoms with Crippen molar-refractivity contribution in [2.45, 2.75) is 32.1 Å². The molecule has 0 unspecified atom stereocenters. The maximum Gasteiger partial charge on any atom is 0.343 e. The van der Waals surface area contributed by atoms with Gasteiger partial charge in [0.1, 0.15) is 17.6 Å². The molecule has 0 saturated carbocycles. The zero-order valence-electron chi connectivity index (χ0n) is 11.8. The minimum absolute atomic E-state index is 0.0922. The van der Waals surface area contributed by atoms with Gasteiger partial charge in [-0.3, -0.25) is 0 Å². The summed E-state index contributed by atoms with van der Waals surface area (Å²) in [5.41, 5.74) is 6.20. The van der Waals surface area contributed by atoms with Gasteiger partial charge in [0.05, 0.1) is 11.1 Å². The Morgan fingerprint density at radius 3 is 2.90 bits per heavy atom. The fraction of sp³-hybridized carbons (Fsp3) is 0.375. The van der Waals surface area contributed by atoms with Gasteiger partial charge in [-0.05, 0) is 32.1 Å². The van der Waals surface area contributed by atoms with Crippen molar-refractivity contribution < 1.29 is 9.15 Å². The standard InChI is InChI=1S/C16H16N2O3/c1-9-7-12-14(16(19)20-9)13(10-5-3-2-4-6-10)11(8-17)15(18)21-12/h2-3,7,10,13H,4-6,18H2,1H3/t10-,13+/m1/s1. The second-order valence-corrected chi connectivity index (χ2v) is 5.44. The Bertz CT molecular complexity index is 737. The average Bonchev–Trinajstić information content (AvgIpc) is 2.46. The number of rotatable bonds is 1. The lowest BCUT2D eigenvalue weighted by atomic mass is 9.75. The predicted octanol–water partition coefficient (Wildman–Crippen LogP) is 2.47. The zero-order valence-corrected chi connectivity index (χ0v) is 11.8. The van der Waals surface area contributed by atoms with Gasteiger partial charge in [0, 0.05) is 12.0 Å². The van der Waals surface area contributed by atoms with Crippen LogP contribution < -0.4 is 16.1 Å². The number of allylic oxidation sites excluding steroid dienone is 3. The summed E-state index contributed by atoms with van der Waals surface area (Å²) in [4.78, 5) is 12.3. The minimum Gasteiger partial charge on any atom is -0.440 e. The summed E-state index contributed by atoms with van der Waals surface area (Å²) >= 11 is 0. The smallest absolute Gasteiger partial charge is 0.343 e. The number of hydrogen-bond acceptors (Lipinski definition) is 5. The van der Waals surface area contributed by atoms with Crippen LogP contribution in [-0.4, -0.2) is 0 Å². The molecule has 0 spiro atoms. The summed E-state index contributed by atoms with van der Waals surface area (Å²) in [6, 6.07) is 3.76. The first-order valence-electron chi connectivity index (χ1n) is 6.99. The molecule has 1 aliphatic heterocycles. The minimum atomic E-state index is -0.440. The van der Waals surface area contributed by atoms with E-state index in [0.717, 1.165) is 19.3 Å². The van der Waals surface area contributed by atoms with Gasteiger partial charge in [0.25, 0.3) is 0 Å². The normalized spacial score (nSPS) is 24.2. The molecule has 0 radical (unpaired) electrons. The largest absolute Gasteiger partial charge is 0.440 e. The van der Waals surface area contributed by atoms with Gasteiger partial charge in [-0.25, -0.2) is 4.79 Å².